The van der Waals surface area contributed by atoms with E-state index in [1.807, 2.05) is 13.8 Å². The average molecular weight is 353 g/mol. The van der Waals surface area contributed by atoms with Gasteiger partial charge in [0, 0.05) is 6.54 Å². The monoisotopic (exact) mass is 353 g/mol. The third-order valence-corrected chi connectivity index (χ3v) is 3.91. The molecule has 0 aliphatic heterocycles. The SMILES string of the molecule is CC(C)CNC(=O)CSc1nnc(COc2ccccc2F)n1N. The Balaban J connectivity index is 1.87. The van der Waals surface area contributed by atoms with Crippen molar-refractivity contribution < 1.29 is 13.9 Å². The van der Waals surface area contributed by atoms with Gasteiger partial charge in [-0.25, -0.2) is 9.07 Å². The van der Waals surface area contributed by atoms with Crippen molar-refractivity contribution in [1.82, 2.24) is 20.2 Å². The first kappa shape index (κ1) is 18.1. The highest BCUT2D eigenvalue weighted by molar-refractivity contribution is 7.99. The van der Waals surface area contributed by atoms with E-state index in [0.29, 0.717) is 23.4 Å². The number of carbonyl (C=O) groups excluding carboxylic acids is 1. The second kappa shape index (κ2) is 8.53. The summed E-state index contributed by atoms with van der Waals surface area (Å²) in [6.45, 7) is 4.64. The fourth-order valence-corrected chi connectivity index (χ4v) is 2.41. The Labute approximate surface area is 143 Å². The number of aromatic nitrogens is 3. The van der Waals surface area contributed by atoms with Gasteiger partial charge in [0.25, 0.3) is 0 Å². The number of para-hydroxylation sites is 1. The summed E-state index contributed by atoms with van der Waals surface area (Å²) in [7, 11) is 0. The van der Waals surface area contributed by atoms with Crippen molar-refractivity contribution >= 4 is 17.7 Å². The smallest absolute Gasteiger partial charge is 0.230 e. The number of hydrogen-bond acceptors (Lipinski definition) is 6. The molecule has 24 heavy (non-hydrogen) atoms. The van der Waals surface area contributed by atoms with Crippen LogP contribution < -0.4 is 15.9 Å². The summed E-state index contributed by atoms with van der Waals surface area (Å²) in [6.07, 6.45) is 0. The number of benzene rings is 1. The van der Waals surface area contributed by atoms with Crippen LogP contribution in [0.15, 0.2) is 29.4 Å². The minimum Gasteiger partial charge on any atom is -0.482 e. The largest absolute Gasteiger partial charge is 0.482 e. The van der Waals surface area contributed by atoms with Gasteiger partial charge < -0.3 is 15.9 Å². The zero-order valence-corrected chi connectivity index (χ0v) is 14.3. The molecule has 0 atom stereocenters. The lowest BCUT2D eigenvalue weighted by atomic mass is 10.2. The number of nitrogen functional groups attached to an aromatic ring is 1. The molecule has 0 unspecified atom stereocenters. The van der Waals surface area contributed by atoms with E-state index in [0.717, 1.165) is 0 Å². The number of nitrogens with one attached hydrogen (secondary N) is 1. The molecule has 0 radical (unpaired) electrons. The van der Waals surface area contributed by atoms with Crippen LogP contribution in [0.5, 0.6) is 5.75 Å². The molecular weight excluding hydrogens is 333 g/mol. The molecule has 0 bridgehead atoms. The number of carbonyl (C=O) groups is 1. The third kappa shape index (κ3) is 5.12. The molecule has 7 nitrogen and oxygen atoms in total. The van der Waals surface area contributed by atoms with Crippen LogP contribution >= 0.6 is 11.8 Å². The third-order valence-electron chi connectivity index (χ3n) is 2.97. The maximum atomic E-state index is 13.5. The maximum absolute atomic E-state index is 13.5. The van der Waals surface area contributed by atoms with Crippen LogP contribution in [0.25, 0.3) is 0 Å². The van der Waals surface area contributed by atoms with Crippen molar-refractivity contribution in [1.29, 1.82) is 0 Å². The molecule has 2 aromatic rings. The number of amides is 1. The Hall–Kier alpha value is -2.29. The maximum Gasteiger partial charge on any atom is 0.230 e. The lowest BCUT2D eigenvalue weighted by Gasteiger charge is -2.08. The summed E-state index contributed by atoms with van der Waals surface area (Å²) >= 11 is 1.18. The molecule has 0 aliphatic rings. The van der Waals surface area contributed by atoms with E-state index < -0.39 is 5.82 Å². The molecule has 0 fully saturated rings. The molecule has 0 spiro atoms. The minimum absolute atomic E-state index is 0.0233. The van der Waals surface area contributed by atoms with Crippen LogP contribution in [-0.4, -0.2) is 33.1 Å². The molecule has 0 aliphatic carbocycles. The van der Waals surface area contributed by atoms with E-state index in [-0.39, 0.29) is 24.0 Å². The van der Waals surface area contributed by atoms with Gasteiger partial charge in [0.05, 0.1) is 5.75 Å². The second-order valence-electron chi connectivity index (χ2n) is 5.47. The van der Waals surface area contributed by atoms with Gasteiger partial charge in [-0.3, -0.25) is 4.79 Å². The zero-order chi connectivity index (χ0) is 17.5. The van der Waals surface area contributed by atoms with Crippen molar-refractivity contribution in [3.05, 3.63) is 35.9 Å². The van der Waals surface area contributed by atoms with Gasteiger partial charge in [0.1, 0.15) is 6.61 Å². The molecule has 1 aromatic carbocycles. The molecule has 9 heteroatoms. The number of thioether (sulfide) groups is 1. The number of halogens is 1. The van der Waals surface area contributed by atoms with Crippen molar-refractivity contribution in [2.75, 3.05) is 18.1 Å². The van der Waals surface area contributed by atoms with E-state index in [1.54, 1.807) is 12.1 Å². The first-order valence-corrected chi connectivity index (χ1v) is 8.42. The lowest BCUT2D eigenvalue weighted by Crippen LogP contribution is -2.29. The van der Waals surface area contributed by atoms with Gasteiger partial charge in [-0.05, 0) is 18.1 Å². The highest BCUT2D eigenvalue weighted by atomic mass is 32.2. The number of ether oxygens (including phenoxy) is 1. The Morgan fingerprint density at radius 3 is 2.88 bits per heavy atom. The van der Waals surface area contributed by atoms with Gasteiger partial charge in [-0.1, -0.05) is 37.7 Å². The normalized spacial score (nSPS) is 10.8. The van der Waals surface area contributed by atoms with Gasteiger partial charge in [-0.15, -0.1) is 10.2 Å². The second-order valence-corrected chi connectivity index (χ2v) is 6.42. The van der Waals surface area contributed by atoms with Crippen LogP contribution in [0.3, 0.4) is 0 Å². The summed E-state index contributed by atoms with van der Waals surface area (Å²) in [6, 6.07) is 6.07. The standard InChI is InChI=1S/C15H20FN5O2S/c1-10(2)7-18-14(22)9-24-15-20-19-13(21(15)17)8-23-12-6-4-3-5-11(12)16/h3-6,10H,7-9,17H2,1-2H3,(H,18,22). The Bertz CT molecular complexity index is 692. The number of nitrogens with zero attached hydrogens (tertiary/aromatic N) is 3. The fourth-order valence-electron chi connectivity index (χ4n) is 1.71. The van der Waals surface area contributed by atoms with Crippen LogP contribution in [0.1, 0.15) is 19.7 Å². The lowest BCUT2D eigenvalue weighted by molar-refractivity contribution is -0.118. The Morgan fingerprint density at radius 2 is 2.17 bits per heavy atom. The van der Waals surface area contributed by atoms with Crippen LogP contribution in [0.4, 0.5) is 4.39 Å². The van der Waals surface area contributed by atoms with Gasteiger partial charge in [0.15, 0.2) is 17.4 Å². The average Bonchev–Trinajstić information content (AvgIpc) is 2.90. The molecular formula is C15H20FN5O2S. The van der Waals surface area contributed by atoms with E-state index in [1.165, 1.54) is 28.6 Å². The highest BCUT2D eigenvalue weighted by Crippen LogP contribution is 2.18. The Morgan fingerprint density at radius 1 is 1.42 bits per heavy atom. The summed E-state index contributed by atoms with van der Waals surface area (Å²) in [5, 5.41) is 11.0. The van der Waals surface area contributed by atoms with E-state index in [4.69, 9.17) is 10.6 Å². The van der Waals surface area contributed by atoms with Gasteiger partial charge in [-0.2, -0.15) is 0 Å². The highest BCUT2D eigenvalue weighted by Gasteiger charge is 2.13. The molecule has 1 heterocycles. The Kier molecular flexibility index (Phi) is 6.42. The molecule has 2 rings (SSSR count). The quantitative estimate of drug-likeness (QED) is 0.553. The predicted molar refractivity (Wildman–Crippen MR) is 89.5 cm³/mol. The summed E-state index contributed by atoms with van der Waals surface area (Å²) in [5.74, 6) is 6.35. The van der Waals surface area contributed by atoms with Gasteiger partial charge >= 0.3 is 0 Å². The number of nitrogens with two attached hydrogens (primary N) is 1. The summed E-state index contributed by atoms with van der Waals surface area (Å²) < 4.78 is 20.1. The fraction of sp³-hybridized carbons (Fsp3) is 0.400. The number of rotatable bonds is 8. The minimum atomic E-state index is -0.461. The van der Waals surface area contributed by atoms with E-state index in [9.17, 15) is 9.18 Å². The van der Waals surface area contributed by atoms with Crippen LogP contribution in [-0.2, 0) is 11.4 Å². The first-order valence-electron chi connectivity index (χ1n) is 7.43. The molecule has 0 saturated heterocycles. The van der Waals surface area contributed by atoms with Crippen molar-refractivity contribution in [2.24, 2.45) is 5.92 Å². The molecule has 1 aromatic heterocycles. The summed E-state index contributed by atoms with van der Waals surface area (Å²) in [4.78, 5) is 11.7. The van der Waals surface area contributed by atoms with E-state index >= 15 is 0 Å². The van der Waals surface area contributed by atoms with Crippen LogP contribution in [0, 0.1) is 11.7 Å². The molecule has 3 N–H and O–H groups in total. The number of hydrogen-bond donors (Lipinski definition) is 2. The van der Waals surface area contributed by atoms with E-state index in [2.05, 4.69) is 15.5 Å². The van der Waals surface area contributed by atoms with Crippen molar-refractivity contribution in [3.8, 4) is 5.75 Å². The first-order chi connectivity index (χ1) is 11.5. The van der Waals surface area contributed by atoms with Crippen molar-refractivity contribution in [3.63, 3.8) is 0 Å². The van der Waals surface area contributed by atoms with Crippen LogP contribution in [0.2, 0.25) is 0 Å². The zero-order valence-electron chi connectivity index (χ0n) is 13.5. The van der Waals surface area contributed by atoms with Crippen molar-refractivity contribution in [2.45, 2.75) is 25.6 Å². The molecule has 0 saturated carbocycles. The topological polar surface area (TPSA) is 95.1 Å². The molecule has 1 amide bonds. The molecule has 130 valence electrons. The summed E-state index contributed by atoms with van der Waals surface area (Å²) in [5.41, 5.74) is 0. The predicted octanol–water partition coefficient (Wildman–Crippen LogP) is 1.57. The van der Waals surface area contributed by atoms with Gasteiger partial charge in [0.2, 0.25) is 11.1 Å².